The number of ether oxygens (including phenoxy) is 3. The second-order valence-electron chi connectivity index (χ2n) is 18.5. The SMILES string of the molecule is CC\C=C/C=C\C=C/CCCCCCCC(=O)OCC(COC(=O)CCCCCCCCC/C=C\CCCCCCCCCC)OC(=O)CCCCC/C=C\C=C/CCCCCCCCC. The normalized spacial score (nSPS) is 12.6. The molecule has 0 aliphatic heterocycles. The van der Waals surface area contributed by atoms with Crippen molar-refractivity contribution in [1.29, 1.82) is 0 Å². The minimum Gasteiger partial charge on any atom is -0.462 e. The zero-order chi connectivity index (χ0) is 47.9. The van der Waals surface area contributed by atoms with Gasteiger partial charge in [-0.1, -0.05) is 235 Å². The molecule has 0 rings (SSSR count). The molecule has 380 valence electrons. The van der Waals surface area contributed by atoms with Crippen LogP contribution in [0.1, 0.15) is 271 Å². The summed E-state index contributed by atoms with van der Waals surface area (Å²) in [5, 5.41) is 0. The maximum atomic E-state index is 12.8. The van der Waals surface area contributed by atoms with Crippen LogP contribution in [0.4, 0.5) is 0 Å². The first-order valence-electron chi connectivity index (χ1n) is 28.0. The first-order valence-corrected chi connectivity index (χ1v) is 28.0. The maximum Gasteiger partial charge on any atom is 0.306 e. The molecule has 0 heterocycles. The van der Waals surface area contributed by atoms with Crippen LogP contribution in [0.2, 0.25) is 0 Å². The molecule has 0 bridgehead atoms. The van der Waals surface area contributed by atoms with E-state index in [4.69, 9.17) is 14.2 Å². The molecule has 0 spiro atoms. The van der Waals surface area contributed by atoms with Crippen molar-refractivity contribution < 1.29 is 28.6 Å². The van der Waals surface area contributed by atoms with Gasteiger partial charge in [0.25, 0.3) is 0 Å². The summed E-state index contributed by atoms with van der Waals surface area (Å²) in [5.74, 6) is -0.941. The first kappa shape index (κ1) is 62.8. The van der Waals surface area contributed by atoms with Crippen molar-refractivity contribution in [3.63, 3.8) is 0 Å². The molecule has 0 aromatic rings. The van der Waals surface area contributed by atoms with Crippen molar-refractivity contribution in [3.8, 4) is 0 Å². The molecule has 0 saturated heterocycles. The Morgan fingerprint density at radius 1 is 0.318 bits per heavy atom. The van der Waals surface area contributed by atoms with Crippen molar-refractivity contribution in [1.82, 2.24) is 0 Å². The van der Waals surface area contributed by atoms with Gasteiger partial charge in [0.1, 0.15) is 13.2 Å². The summed E-state index contributed by atoms with van der Waals surface area (Å²) in [4.78, 5) is 38.1. The number of hydrogen-bond donors (Lipinski definition) is 0. The van der Waals surface area contributed by atoms with E-state index in [-0.39, 0.29) is 31.1 Å². The van der Waals surface area contributed by atoms with E-state index in [0.717, 1.165) is 96.3 Å². The van der Waals surface area contributed by atoms with Crippen molar-refractivity contribution >= 4 is 17.9 Å². The van der Waals surface area contributed by atoms with Crippen LogP contribution in [0, 0.1) is 0 Å². The lowest BCUT2D eigenvalue weighted by Crippen LogP contribution is -2.30. The number of unbranched alkanes of at least 4 members (excludes halogenated alkanes) is 30. The lowest BCUT2D eigenvalue weighted by atomic mass is 10.1. The Morgan fingerprint density at radius 2 is 0.606 bits per heavy atom. The van der Waals surface area contributed by atoms with Crippen LogP contribution in [0.25, 0.3) is 0 Å². The fourth-order valence-electron chi connectivity index (χ4n) is 7.78. The number of carbonyl (C=O) groups is 3. The van der Waals surface area contributed by atoms with Gasteiger partial charge in [-0.2, -0.15) is 0 Å². The third-order valence-electron chi connectivity index (χ3n) is 12.0. The van der Waals surface area contributed by atoms with E-state index in [9.17, 15) is 14.4 Å². The molecular weight excluding hydrogens is 817 g/mol. The maximum absolute atomic E-state index is 12.8. The lowest BCUT2D eigenvalue weighted by Gasteiger charge is -2.18. The quantitative estimate of drug-likeness (QED) is 0.0199. The van der Waals surface area contributed by atoms with Crippen LogP contribution >= 0.6 is 0 Å². The summed E-state index contributed by atoms with van der Waals surface area (Å²) in [6, 6.07) is 0. The Bertz CT molecular complexity index is 1240. The number of allylic oxidation sites excluding steroid dienone is 12. The number of hydrogen-bond acceptors (Lipinski definition) is 6. The topological polar surface area (TPSA) is 78.9 Å². The van der Waals surface area contributed by atoms with Crippen molar-refractivity contribution in [2.45, 2.75) is 277 Å². The number of esters is 3. The highest BCUT2D eigenvalue weighted by Crippen LogP contribution is 2.15. The predicted molar refractivity (Wildman–Crippen MR) is 284 cm³/mol. The molecule has 0 fully saturated rings. The monoisotopic (exact) mass is 921 g/mol. The van der Waals surface area contributed by atoms with Crippen molar-refractivity contribution in [2.24, 2.45) is 0 Å². The summed E-state index contributed by atoms with van der Waals surface area (Å²) in [6.07, 6.45) is 68.9. The Hall–Kier alpha value is -3.15. The molecule has 0 N–H and O–H groups in total. The molecule has 0 aromatic heterocycles. The van der Waals surface area contributed by atoms with E-state index in [1.807, 2.05) is 0 Å². The van der Waals surface area contributed by atoms with Gasteiger partial charge in [0, 0.05) is 19.3 Å². The van der Waals surface area contributed by atoms with Crippen LogP contribution in [-0.2, 0) is 28.6 Å². The van der Waals surface area contributed by atoms with Gasteiger partial charge in [-0.05, 0) is 89.9 Å². The fraction of sp³-hybridized carbons (Fsp3) is 0.750. The van der Waals surface area contributed by atoms with E-state index >= 15 is 0 Å². The van der Waals surface area contributed by atoms with E-state index in [2.05, 4.69) is 93.7 Å². The Balaban J connectivity index is 4.42. The van der Waals surface area contributed by atoms with Gasteiger partial charge >= 0.3 is 17.9 Å². The van der Waals surface area contributed by atoms with Gasteiger partial charge in [0.2, 0.25) is 0 Å². The third kappa shape index (κ3) is 51.8. The summed E-state index contributed by atoms with van der Waals surface area (Å²) in [7, 11) is 0. The van der Waals surface area contributed by atoms with Crippen LogP contribution < -0.4 is 0 Å². The molecule has 0 amide bonds. The van der Waals surface area contributed by atoms with Gasteiger partial charge in [-0.15, -0.1) is 0 Å². The minimum atomic E-state index is -0.799. The molecule has 1 unspecified atom stereocenters. The zero-order valence-corrected chi connectivity index (χ0v) is 43.4. The fourth-order valence-corrected chi connectivity index (χ4v) is 7.78. The van der Waals surface area contributed by atoms with Gasteiger partial charge in [-0.25, -0.2) is 0 Å². The highest BCUT2D eigenvalue weighted by atomic mass is 16.6. The Morgan fingerprint density at radius 3 is 0.985 bits per heavy atom. The van der Waals surface area contributed by atoms with Gasteiger partial charge in [0.15, 0.2) is 6.10 Å². The molecule has 0 aliphatic carbocycles. The smallest absolute Gasteiger partial charge is 0.306 e. The molecule has 6 heteroatoms. The third-order valence-corrected chi connectivity index (χ3v) is 12.0. The lowest BCUT2D eigenvalue weighted by molar-refractivity contribution is -0.167. The molecule has 6 nitrogen and oxygen atoms in total. The van der Waals surface area contributed by atoms with Crippen LogP contribution in [0.3, 0.4) is 0 Å². The van der Waals surface area contributed by atoms with Crippen molar-refractivity contribution in [3.05, 3.63) is 72.9 Å². The van der Waals surface area contributed by atoms with E-state index < -0.39 is 6.10 Å². The first-order chi connectivity index (χ1) is 32.5. The van der Waals surface area contributed by atoms with Gasteiger partial charge < -0.3 is 14.2 Å². The number of carbonyl (C=O) groups excluding carboxylic acids is 3. The molecule has 0 aliphatic rings. The molecule has 0 saturated carbocycles. The summed E-state index contributed by atoms with van der Waals surface area (Å²) in [6.45, 7) is 6.47. The molecule has 1 atom stereocenters. The van der Waals surface area contributed by atoms with Gasteiger partial charge in [-0.3, -0.25) is 14.4 Å². The van der Waals surface area contributed by atoms with Gasteiger partial charge in [0.05, 0.1) is 0 Å². The number of rotatable bonds is 50. The standard InChI is InChI=1S/C60H104O6/c1-4-7-10-13-16-19-22-25-27-29-30-31-33-35-38-41-44-47-50-53-59(62)65-56-57(55-64-58(61)52-49-46-43-40-37-34-24-21-18-15-12-9-6-3)66-60(63)54-51-48-45-42-39-36-32-28-26-23-20-17-14-11-8-5-2/h9,12,15,18,21,24,28-30,32,36,39,57H,4-8,10-11,13-14,16-17,19-20,22-23,25-27,31,33-35,37-38,40-56H2,1-3H3/b12-9-,18-15-,24-21-,30-29-,32-28-,39-36-. The largest absolute Gasteiger partial charge is 0.462 e. The molecular formula is C60H104O6. The summed E-state index contributed by atoms with van der Waals surface area (Å²) in [5.41, 5.74) is 0. The van der Waals surface area contributed by atoms with Crippen LogP contribution in [-0.4, -0.2) is 37.2 Å². The highest BCUT2D eigenvalue weighted by molar-refractivity contribution is 5.71. The summed E-state index contributed by atoms with van der Waals surface area (Å²) < 4.78 is 16.8. The average Bonchev–Trinajstić information content (AvgIpc) is 3.31. The van der Waals surface area contributed by atoms with Crippen molar-refractivity contribution in [2.75, 3.05) is 13.2 Å². The zero-order valence-electron chi connectivity index (χ0n) is 43.4. The Labute approximate surface area is 408 Å². The average molecular weight is 921 g/mol. The van der Waals surface area contributed by atoms with E-state index in [1.165, 1.54) is 135 Å². The molecule has 66 heavy (non-hydrogen) atoms. The highest BCUT2D eigenvalue weighted by Gasteiger charge is 2.19. The molecule has 0 radical (unpaired) electrons. The minimum absolute atomic E-state index is 0.0949. The Kier molecular flexibility index (Phi) is 51.9. The second-order valence-corrected chi connectivity index (χ2v) is 18.5. The second kappa shape index (κ2) is 54.5. The predicted octanol–water partition coefficient (Wildman–Crippen LogP) is 18.6. The summed E-state index contributed by atoms with van der Waals surface area (Å²) >= 11 is 0. The van der Waals surface area contributed by atoms with E-state index in [0.29, 0.717) is 19.3 Å². The van der Waals surface area contributed by atoms with Crippen LogP contribution in [0.15, 0.2) is 72.9 Å². The van der Waals surface area contributed by atoms with E-state index in [1.54, 1.807) is 0 Å². The van der Waals surface area contributed by atoms with Crippen LogP contribution in [0.5, 0.6) is 0 Å². The molecule has 0 aromatic carbocycles.